The Morgan fingerprint density at radius 3 is 2.70 bits per heavy atom. The maximum Gasteiger partial charge on any atom is 0.308 e. The lowest BCUT2D eigenvalue weighted by Crippen LogP contribution is -2.14. The molecule has 108 valence electrons. The zero-order valence-electron chi connectivity index (χ0n) is 10.8. The topological polar surface area (TPSA) is 89.9 Å². The van der Waals surface area contributed by atoms with E-state index in [9.17, 15) is 18.3 Å². The third-order valence-electron chi connectivity index (χ3n) is 3.84. The Morgan fingerprint density at radius 1 is 1.35 bits per heavy atom. The molecule has 3 atom stereocenters. The molecule has 0 radical (unpaired) electrons. The fourth-order valence-corrected chi connectivity index (χ4v) is 4.53. The normalized spacial score (nSPS) is 27.4. The molecule has 0 amide bonds. The highest BCUT2D eigenvalue weighted by Gasteiger charge is 2.62. The molecule has 1 aliphatic carbocycles. The molecule has 0 saturated heterocycles. The van der Waals surface area contributed by atoms with Crippen LogP contribution >= 0.6 is 0 Å². The van der Waals surface area contributed by atoms with E-state index in [2.05, 4.69) is 0 Å². The number of hydrogen-bond donors (Lipinski definition) is 1. The summed E-state index contributed by atoms with van der Waals surface area (Å²) in [6.07, 6.45) is 0. The lowest BCUT2D eigenvalue weighted by molar-refractivity contribution is -0.138. The molecule has 1 saturated carbocycles. The summed E-state index contributed by atoms with van der Waals surface area (Å²) in [7, 11) is -3.38. The van der Waals surface area contributed by atoms with Gasteiger partial charge in [-0.15, -0.1) is 0 Å². The van der Waals surface area contributed by atoms with Crippen LogP contribution in [0.15, 0.2) is 18.2 Å². The molecule has 0 unspecified atom stereocenters. The largest absolute Gasteiger partial charge is 0.481 e. The summed E-state index contributed by atoms with van der Waals surface area (Å²) < 4.78 is 34.4. The van der Waals surface area contributed by atoms with Crippen molar-refractivity contribution < 1.29 is 27.8 Å². The van der Waals surface area contributed by atoms with Crippen molar-refractivity contribution in [1.82, 2.24) is 0 Å². The van der Waals surface area contributed by atoms with Crippen LogP contribution in [0.25, 0.3) is 0 Å². The molecule has 0 bridgehead atoms. The minimum Gasteiger partial charge on any atom is -0.481 e. The number of aliphatic carboxylic acids is 1. The molecule has 1 fully saturated rings. The first-order valence-corrected chi connectivity index (χ1v) is 8.01. The smallest absolute Gasteiger partial charge is 0.308 e. The van der Waals surface area contributed by atoms with Gasteiger partial charge in [-0.3, -0.25) is 4.79 Å². The van der Waals surface area contributed by atoms with Gasteiger partial charge in [-0.1, -0.05) is 13.0 Å². The first-order valence-electron chi connectivity index (χ1n) is 6.29. The first-order chi connectivity index (χ1) is 9.45. The van der Waals surface area contributed by atoms with Gasteiger partial charge in [0.15, 0.2) is 21.3 Å². The molecule has 6 nitrogen and oxygen atoms in total. The Kier molecular flexibility index (Phi) is 2.89. The lowest BCUT2D eigenvalue weighted by Gasteiger charge is -2.02. The second kappa shape index (κ2) is 4.37. The maximum atomic E-state index is 12.0. The van der Waals surface area contributed by atoms with E-state index in [0.29, 0.717) is 17.1 Å². The number of fused-ring (bicyclic) bond motifs is 1. The first kappa shape index (κ1) is 13.2. The van der Waals surface area contributed by atoms with E-state index in [1.807, 2.05) is 0 Å². The number of carbonyl (C=O) groups is 1. The molecule has 1 heterocycles. The Bertz CT molecular complexity index is 665. The standard InChI is InChI=1S/C13H14O6S/c1-2-20(16,17)12-10(11(12)13(14)15)7-3-4-8-9(5-7)19-6-18-8/h3-5,10-12H,2,6H2,1H3,(H,14,15)/t10-,11-,12-/m0/s1. The Balaban J connectivity index is 1.95. The number of sulfone groups is 1. The van der Waals surface area contributed by atoms with Gasteiger partial charge in [0.25, 0.3) is 0 Å². The van der Waals surface area contributed by atoms with Crippen molar-refractivity contribution in [2.24, 2.45) is 5.92 Å². The van der Waals surface area contributed by atoms with Crippen molar-refractivity contribution in [2.75, 3.05) is 12.5 Å². The van der Waals surface area contributed by atoms with E-state index >= 15 is 0 Å². The van der Waals surface area contributed by atoms with Gasteiger partial charge in [0.2, 0.25) is 6.79 Å². The van der Waals surface area contributed by atoms with E-state index in [4.69, 9.17) is 9.47 Å². The summed E-state index contributed by atoms with van der Waals surface area (Å²) >= 11 is 0. The number of carboxylic acid groups (broad SMARTS) is 1. The Labute approximate surface area is 116 Å². The average Bonchev–Trinajstić information content (AvgIpc) is 3.02. The summed E-state index contributed by atoms with van der Waals surface area (Å²) in [4.78, 5) is 11.2. The summed E-state index contributed by atoms with van der Waals surface area (Å²) in [6, 6.07) is 5.07. The van der Waals surface area contributed by atoms with Crippen LogP contribution in [-0.4, -0.2) is 37.3 Å². The predicted octanol–water partition coefficient (Wildman–Crippen LogP) is 1.02. The van der Waals surface area contributed by atoms with Crippen LogP contribution < -0.4 is 9.47 Å². The molecule has 1 aromatic carbocycles. The van der Waals surface area contributed by atoms with Crippen LogP contribution in [0.5, 0.6) is 11.5 Å². The SMILES string of the molecule is CCS(=O)(=O)[C@@H]1[C@@H](C(=O)O)[C@@H]1c1ccc2c(c1)OCO2. The predicted molar refractivity (Wildman–Crippen MR) is 69.7 cm³/mol. The van der Waals surface area contributed by atoms with Crippen LogP contribution in [0.4, 0.5) is 0 Å². The van der Waals surface area contributed by atoms with E-state index in [0.717, 1.165) is 0 Å². The number of carboxylic acids is 1. The highest BCUT2D eigenvalue weighted by atomic mass is 32.2. The highest BCUT2D eigenvalue weighted by Crippen LogP contribution is 2.54. The summed E-state index contributed by atoms with van der Waals surface area (Å²) in [5.41, 5.74) is 0.670. The van der Waals surface area contributed by atoms with Crippen LogP contribution in [0.3, 0.4) is 0 Å². The van der Waals surface area contributed by atoms with E-state index in [1.54, 1.807) is 18.2 Å². The summed E-state index contributed by atoms with van der Waals surface area (Å²) in [5, 5.41) is 8.35. The van der Waals surface area contributed by atoms with Crippen molar-refractivity contribution in [3.63, 3.8) is 0 Å². The minimum atomic E-state index is -3.38. The molecular formula is C13H14O6S. The highest BCUT2D eigenvalue weighted by molar-refractivity contribution is 7.92. The quantitative estimate of drug-likeness (QED) is 0.892. The van der Waals surface area contributed by atoms with Gasteiger partial charge in [-0.25, -0.2) is 8.42 Å². The van der Waals surface area contributed by atoms with Crippen molar-refractivity contribution in [1.29, 1.82) is 0 Å². The fourth-order valence-electron chi connectivity index (χ4n) is 2.73. The van der Waals surface area contributed by atoms with Gasteiger partial charge < -0.3 is 14.6 Å². The van der Waals surface area contributed by atoms with Gasteiger partial charge >= 0.3 is 5.97 Å². The van der Waals surface area contributed by atoms with Gasteiger partial charge in [-0.05, 0) is 17.7 Å². The number of benzene rings is 1. The monoisotopic (exact) mass is 298 g/mol. The van der Waals surface area contributed by atoms with E-state index < -0.39 is 32.9 Å². The summed E-state index contributed by atoms with van der Waals surface area (Å²) in [6.45, 7) is 1.66. The van der Waals surface area contributed by atoms with Crippen molar-refractivity contribution in [3.8, 4) is 11.5 Å². The molecule has 20 heavy (non-hydrogen) atoms. The Morgan fingerprint density at radius 2 is 2.05 bits per heavy atom. The Hall–Kier alpha value is -1.76. The van der Waals surface area contributed by atoms with Crippen LogP contribution in [0.1, 0.15) is 18.4 Å². The maximum absolute atomic E-state index is 12.0. The van der Waals surface area contributed by atoms with Crippen LogP contribution in [-0.2, 0) is 14.6 Å². The summed E-state index contributed by atoms with van der Waals surface area (Å²) in [5.74, 6) is -1.38. The number of ether oxygens (including phenoxy) is 2. The van der Waals surface area contributed by atoms with Crippen molar-refractivity contribution in [2.45, 2.75) is 18.1 Å². The second-order valence-electron chi connectivity index (χ2n) is 4.92. The molecule has 7 heteroatoms. The van der Waals surface area contributed by atoms with Crippen molar-refractivity contribution >= 4 is 15.8 Å². The molecule has 2 aliphatic rings. The van der Waals surface area contributed by atoms with E-state index in [1.165, 1.54) is 6.92 Å². The van der Waals surface area contributed by atoms with E-state index in [-0.39, 0.29) is 12.5 Å². The third-order valence-corrected chi connectivity index (χ3v) is 6.06. The van der Waals surface area contributed by atoms with Crippen molar-refractivity contribution in [3.05, 3.63) is 23.8 Å². The van der Waals surface area contributed by atoms with Gasteiger partial charge in [0, 0.05) is 11.7 Å². The second-order valence-corrected chi connectivity index (χ2v) is 7.37. The lowest BCUT2D eigenvalue weighted by atomic mass is 10.1. The molecule has 1 aromatic rings. The molecule has 1 N–H and O–H groups in total. The third kappa shape index (κ3) is 1.93. The molecule has 1 aliphatic heterocycles. The van der Waals surface area contributed by atoms with Gasteiger partial charge in [-0.2, -0.15) is 0 Å². The zero-order chi connectivity index (χ0) is 14.5. The molecule has 0 aromatic heterocycles. The number of hydrogen-bond acceptors (Lipinski definition) is 5. The van der Waals surface area contributed by atoms with Gasteiger partial charge in [0.05, 0.1) is 11.2 Å². The van der Waals surface area contributed by atoms with Gasteiger partial charge in [0.1, 0.15) is 0 Å². The molecular weight excluding hydrogens is 284 g/mol. The zero-order valence-corrected chi connectivity index (χ0v) is 11.6. The van der Waals surface area contributed by atoms with Crippen LogP contribution in [0.2, 0.25) is 0 Å². The minimum absolute atomic E-state index is 0.0531. The molecule has 3 rings (SSSR count). The number of rotatable bonds is 4. The average molecular weight is 298 g/mol. The fraction of sp³-hybridized carbons (Fsp3) is 0.462. The molecule has 0 spiro atoms. The van der Waals surface area contributed by atoms with Crippen LogP contribution in [0, 0.1) is 5.92 Å².